The van der Waals surface area contributed by atoms with Crippen molar-refractivity contribution in [2.75, 3.05) is 26.2 Å². The molecular weight excluding hydrogens is 204 g/mol. The Morgan fingerprint density at radius 1 is 1.50 bits per heavy atom. The Bertz CT molecular complexity index is 233. The van der Waals surface area contributed by atoms with Gasteiger partial charge in [-0.25, -0.2) is 0 Å². The van der Waals surface area contributed by atoms with Crippen molar-refractivity contribution in [3.8, 4) is 0 Å². The van der Waals surface area contributed by atoms with Crippen LogP contribution < -0.4 is 5.73 Å². The number of esters is 1. The highest BCUT2D eigenvalue weighted by Crippen LogP contribution is 2.22. The average Bonchev–Trinajstić information content (AvgIpc) is 2.24. The van der Waals surface area contributed by atoms with E-state index >= 15 is 0 Å². The molecule has 0 aromatic carbocycles. The second-order valence-electron chi connectivity index (χ2n) is 4.86. The Labute approximate surface area is 98.1 Å². The normalized spacial score (nSPS) is 28.8. The van der Waals surface area contributed by atoms with Gasteiger partial charge < -0.3 is 15.4 Å². The molecule has 0 saturated carbocycles. The Balaban J connectivity index is 2.34. The summed E-state index contributed by atoms with van der Waals surface area (Å²) in [5.41, 5.74) is 5.80. The third-order valence-corrected chi connectivity index (χ3v) is 3.46. The topological polar surface area (TPSA) is 55.6 Å². The van der Waals surface area contributed by atoms with Crippen LogP contribution in [-0.2, 0) is 9.53 Å². The minimum absolute atomic E-state index is 0.284. The molecule has 1 aliphatic heterocycles. The van der Waals surface area contributed by atoms with E-state index in [0.717, 1.165) is 19.0 Å². The van der Waals surface area contributed by atoms with Gasteiger partial charge in [0, 0.05) is 13.1 Å². The molecule has 0 amide bonds. The molecule has 0 bridgehead atoms. The number of hydrogen-bond donors (Lipinski definition) is 1. The van der Waals surface area contributed by atoms with Crippen LogP contribution in [0.3, 0.4) is 0 Å². The molecule has 4 heteroatoms. The smallest absolute Gasteiger partial charge is 0.324 e. The Kier molecular flexibility index (Phi) is 5.22. The molecule has 1 rings (SSSR count). The van der Waals surface area contributed by atoms with Gasteiger partial charge in [0.2, 0.25) is 0 Å². The summed E-state index contributed by atoms with van der Waals surface area (Å²) in [6, 6.07) is -0.499. The molecule has 0 aliphatic carbocycles. The van der Waals surface area contributed by atoms with Gasteiger partial charge in [0.15, 0.2) is 0 Å². The van der Waals surface area contributed by atoms with Crippen LogP contribution in [-0.4, -0.2) is 43.2 Å². The van der Waals surface area contributed by atoms with Gasteiger partial charge in [0.25, 0.3) is 0 Å². The van der Waals surface area contributed by atoms with E-state index in [-0.39, 0.29) is 5.97 Å². The van der Waals surface area contributed by atoms with E-state index in [4.69, 9.17) is 10.5 Å². The summed E-state index contributed by atoms with van der Waals surface area (Å²) in [6.45, 7) is 9.44. The number of rotatable bonds is 4. The molecule has 1 heterocycles. The maximum Gasteiger partial charge on any atom is 0.324 e. The van der Waals surface area contributed by atoms with Gasteiger partial charge in [-0.1, -0.05) is 13.8 Å². The Hall–Kier alpha value is -0.610. The molecule has 3 atom stereocenters. The van der Waals surface area contributed by atoms with Crippen LogP contribution in [0.5, 0.6) is 0 Å². The number of nitrogens with two attached hydrogens (primary N) is 1. The summed E-state index contributed by atoms with van der Waals surface area (Å²) in [6.07, 6.45) is 1.19. The number of hydrogen-bond acceptors (Lipinski definition) is 4. The lowest BCUT2D eigenvalue weighted by Gasteiger charge is -2.36. The SMILES string of the molecule is CCOC(=O)C(N)CN1CCC(C)C(C)C1. The van der Waals surface area contributed by atoms with E-state index in [0.29, 0.717) is 19.1 Å². The fraction of sp³-hybridized carbons (Fsp3) is 0.917. The molecule has 0 radical (unpaired) electrons. The van der Waals surface area contributed by atoms with Crippen LogP contribution in [0, 0.1) is 11.8 Å². The highest BCUT2D eigenvalue weighted by atomic mass is 16.5. The number of piperidine rings is 1. The summed E-state index contributed by atoms with van der Waals surface area (Å²) < 4.78 is 4.90. The Morgan fingerprint density at radius 2 is 2.19 bits per heavy atom. The lowest BCUT2D eigenvalue weighted by Crippen LogP contribution is -2.48. The van der Waals surface area contributed by atoms with Crippen molar-refractivity contribution in [2.24, 2.45) is 17.6 Å². The molecule has 16 heavy (non-hydrogen) atoms. The van der Waals surface area contributed by atoms with Crippen LogP contribution in [0.4, 0.5) is 0 Å². The zero-order valence-electron chi connectivity index (χ0n) is 10.6. The molecular formula is C12H24N2O2. The molecule has 2 N–H and O–H groups in total. The first-order valence-corrected chi connectivity index (χ1v) is 6.19. The van der Waals surface area contributed by atoms with E-state index in [2.05, 4.69) is 18.7 Å². The molecule has 1 aliphatic rings. The van der Waals surface area contributed by atoms with E-state index < -0.39 is 6.04 Å². The molecule has 0 spiro atoms. The molecule has 3 unspecified atom stereocenters. The number of likely N-dealkylation sites (tertiary alicyclic amines) is 1. The Morgan fingerprint density at radius 3 is 2.75 bits per heavy atom. The van der Waals surface area contributed by atoms with Gasteiger partial charge in [-0.2, -0.15) is 0 Å². The second kappa shape index (κ2) is 6.21. The monoisotopic (exact) mass is 228 g/mol. The first-order valence-electron chi connectivity index (χ1n) is 6.19. The fourth-order valence-electron chi connectivity index (χ4n) is 2.12. The zero-order chi connectivity index (χ0) is 12.1. The quantitative estimate of drug-likeness (QED) is 0.725. The van der Waals surface area contributed by atoms with Crippen LogP contribution in [0.15, 0.2) is 0 Å². The van der Waals surface area contributed by atoms with Crippen molar-refractivity contribution in [3.63, 3.8) is 0 Å². The number of nitrogens with zero attached hydrogens (tertiary/aromatic N) is 1. The molecule has 0 aromatic heterocycles. The largest absolute Gasteiger partial charge is 0.465 e. The van der Waals surface area contributed by atoms with Crippen LogP contribution in [0.2, 0.25) is 0 Å². The van der Waals surface area contributed by atoms with Gasteiger partial charge in [0.05, 0.1) is 6.61 Å². The average molecular weight is 228 g/mol. The third-order valence-electron chi connectivity index (χ3n) is 3.46. The first kappa shape index (κ1) is 13.5. The predicted octanol–water partition coefficient (Wildman–Crippen LogP) is 0.855. The standard InChI is InChI=1S/C12H24N2O2/c1-4-16-12(15)11(13)8-14-6-5-9(2)10(3)7-14/h9-11H,4-8,13H2,1-3H3. The summed E-state index contributed by atoms with van der Waals surface area (Å²) in [7, 11) is 0. The molecule has 4 nitrogen and oxygen atoms in total. The molecule has 94 valence electrons. The van der Waals surface area contributed by atoms with E-state index in [9.17, 15) is 4.79 Å². The van der Waals surface area contributed by atoms with Crippen molar-refractivity contribution >= 4 is 5.97 Å². The number of carbonyl (C=O) groups excluding carboxylic acids is 1. The summed E-state index contributed by atoms with van der Waals surface area (Å²) in [5, 5.41) is 0. The lowest BCUT2D eigenvalue weighted by atomic mass is 9.88. The van der Waals surface area contributed by atoms with E-state index in [1.807, 2.05) is 0 Å². The van der Waals surface area contributed by atoms with Crippen LogP contribution >= 0.6 is 0 Å². The van der Waals surface area contributed by atoms with Crippen molar-refractivity contribution in [1.29, 1.82) is 0 Å². The van der Waals surface area contributed by atoms with Gasteiger partial charge in [-0.05, 0) is 31.7 Å². The van der Waals surface area contributed by atoms with Gasteiger partial charge in [0.1, 0.15) is 6.04 Å². The van der Waals surface area contributed by atoms with Crippen molar-refractivity contribution in [2.45, 2.75) is 33.2 Å². The maximum atomic E-state index is 11.4. The molecule has 1 saturated heterocycles. The predicted molar refractivity (Wildman–Crippen MR) is 64.0 cm³/mol. The third kappa shape index (κ3) is 3.76. The molecule has 1 fully saturated rings. The fourth-order valence-corrected chi connectivity index (χ4v) is 2.12. The summed E-state index contributed by atoms with van der Waals surface area (Å²) in [4.78, 5) is 13.7. The number of ether oxygens (including phenoxy) is 1. The van der Waals surface area contributed by atoms with Crippen molar-refractivity contribution < 1.29 is 9.53 Å². The van der Waals surface area contributed by atoms with Crippen molar-refractivity contribution in [3.05, 3.63) is 0 Å². The minimum atomic E-state index is -0.499. The summed E-state index contributed by atoms with van der Waals surface area (Å²) in [5.74, 6) is 1.17. The van der Waals surface area contributed by atoms with Gasteiger partial charge in [-0.15, -0.1) is 0 Å². The first-order chi connectivity index (χ1) is 7.54. The van der Waals surface area contributed by atoms with E-state index in [1.165, 1.54) is 6.42 Å². The van der Waals surface area contributed by atoms with Crippen molar-refractivity contribution in [1.82, 2.24) is 4.90 Å². The lowest BCUT2D eigenvalue weighted by molar-refractivity contribution is -0.145. The minimum Gasteiger partial charge on any atom is -0.465 e. The number of carbonyl (C=O) groups is 1. The molecule has 0 aromatic rings. The second-order valence-corrected chi connectivity index (χ2v) is 4.86. The van der Waals surface area contributed by atoms with Crippen LogP contribution in [0.1, 0.15) is 27.2 Å². The zero-order valence-corrected chi connectivity index (χ0v) is 10.6. The van der Waals surface area contributed by atoms with Gasteiger partial charge in [-0.3, -0.25) is 4.79 Å². The van der Waals surface area contributed by atoms with Gasteiger partial charge >= 0.3 is 5.97 Å². The van der Waals surface area contributed by atoms with Crippen LogP contribution in [0.25, 0.3) is 0 Å². The highest BCUT2D eigenvalue weighted by Gasteiger charge is 2.25. The maximum absolute atomic E-state index is 11.4. The van der Waals surface area contributed by atoms with E-state index in [1.54, 1.807) is 6.92 Å². The highest BCUT2D eigenvalue weighted by molar-refractivity contribution is 5.75. The summed E-state index contributed by atoms with van der Waals surface area (Å²) >= 11 is 0.